The number of hydrogen-bond donors (Lipinski definition) is 1. The molecule has 128 valence electrons. The molecule has 0 aliphatic carbocycles. The molecule has 3 aromatic rings. The van der Waals surface area contributed by atoms with E-state index in [0.717, 1.165) is 24.4 Å². The van der Waals surface area contributed by atoms with Crippen molar-refractivity contribution in [3.8, 4) is 16.9 Å². The molecule has 0 saturated carbocycles. The van der Waals surface area contributed by atoms with E-state index in [-0.39, 0.29) is 5.43 Å². The summed E-state index contributed by atoms with van der Waals surface area (Å²) in [4.78, 5) is 12.9. The number of ether oxygens (including phenoxy) is 1. The van der Waals surface area contributed by atoms with Crippen molar-refractivity contribution in [3.63, 3.8) is 0 Å². The minimum Gasteiger partial charge on any atom is -0.493 e. The highest BCUT2D eigenvalue weighted by Crippen LogP contribution is 2.23. The third-order valence-corrected chi connectivity index (χ3v) is 4.71. The van der Waals surface area contributed by atoms with Crippen LogP contribution in [0.15, 0.2) is 64.0 Å². The monoisotopic (exact) mass is 335 g/mol. The molecule has 0 radical (unpaired) electrons. The first kappa shape index (κ1) is 15.9. The van der Waals surface area contributed by atoms with E-state index in [1.807, 2.05) is 36.4 Å². The van der Waals surface area contributed by atoms with Crippen LogP contribution < -0.4 is 15.5 Å². The van der Waals surface area contributed by atoms with Crippen molar-refractivity contribution in [2.75, 3.05) is 19.7 Å². The Hall–Kier alpha value is -2.59. The summed E-state index contributed by atoms with van der Waals surface area (Å²) >= 11 is 0. The summed E-state index contributed by atoms with van der Waals surface area (Å²) < 4.78 is 11.6. The van der Waals surface area contributed by atoms with Gasteiger partial charge < -0.3 is 14.5 Å². The van der Waals surface area contributed by atoms with Gasteiger partial charge >= 0.3 is 0 Å². The van der Waals surface area contributed by atoms with Gasteiger partial charge in [0.25, 0.3) is 0 Å². The molecule has 2 aromatic carbocycles. The summed E-state index contributed by atoms with van der Waals surface area (Å²) in [5.41, 5.74) is 1.98. The molecule has 4 heteroatoms. The molecule has 1 aliphatic rings. The molecule has 4 rings (SSSR count). The second-order valence-electron chi connectivity index (χ2n) is 6.53. The van der Waals surface area contributed by atoms with Crippen LogP contribution in [0.4, 0.5) is 0 Å². The molecule has 1 unspecified atom stereocenters. The maximum atomic E-state index is 12.9. The molecule has 0 bridgehead atoms. The fourth-order valence-electron chi connectivity index (χ4n) is 3.30. The van der Waals surface area contributed by atoms with Crippen LogP contribution in [0, 0.1) is 5.92 Å². The molecule has 25 heavy (non-hydrogen) atoms. The Kier molecular flexibility index (Phi) is 4.53. The van der Waals surface area contributed by atoms with Crippen LogP contribution in [0.25, 0.3) is 22.1 Å². The number of rotatable bonds is 4. The Labute approximate surface area is 146 Å². The van der Waals surface area contributed by atoms with Crippen molar-refractivity contribution in [2.24, 2.45) is 5.92 Å². The number of fused-ring (bicyclic) bond motifs is 1. The minimum absolute atomic E-state index is 0.0303. The van der Waals surface area contributed by atoms with Crippen molar-refractivity contribution in [1.82, 2.24) is 5.32 Å². The number of piperidine rings is 1. The van der Waals surface area contributed by atoms with Crippen LogP contribution in [0.3, 0.4) is 0 Å². The van der Waals surface area contributed by atoms with Crippen molar-refractivity contribution < 1.29 is 9.15 Å². The topological polar surface area (TPSA) is 51.5 Å². The highest BCUT2D eigenvalue weighted by atomic mass is 16.5. The average molecular weight is 335 g/mol. The number of nitrogens with one attached hydrogen (secondary N) is 1. The lowest BCUT2D eigenvalue weighted by molar-refractivity contribution is 0.218. The quantitative estimate of drug-likeness (QED) is 0.787. The Bertz CT molecular complexity index is 911. The van der Waals surface area contributed by atoms with Gasteiger partial charge in [-0.1, -0.05) is 30.3 Å². The summed E-state index contributed by atoms with van der Waals surface area (Å²) in [5.74, 6) is 1.24. The third kappa shape index (κ3) is 3.44. The van der Waals surface area contributed by atoms with Crippen molar-refractivity contribution in [1.29, 1.82) is 0 Å². The zero-order valence-electron chi connectivity index (χ0n) is 14.0. The zero-order valence-corrected chi connectivity index (χ0v) is 14.0. The van der Waals surface area contributed by atoms with E-state index in [9.17, 15) is 4.79 Å². The highest BCUT2D eigenvalue weighted by Gasteiger charge is 2.14. The van der Waals surface area contributed by atoms with Gasteiger partial charge in [0, 0.05) is 12.5 Å². The molecular formula is C21H21NO3. The first-order chi connectivity index (χ1) is 12.3. The molecule has 1 N–H and O–H groups in total. The van der Waals surface area contributed by atoms with Crippen molar-refractivity contribution in [2.45, 2.75) is 12.8 Å². The highest BCUT2D eigenvalue weighted by molar-refractivity contribution is 5.82. The predicted octanol–water partition coefficient (Wildman–Crippen LogP) is 3.84. The predicted molar refractivity (Wildman–Crippen MR) is 99.0 cm³/mol. The molecule has 1 aromatic heterocycles. The van der Waals surface area contributed by atoms with Gasteiger partial charge in [0.05, 0.1) is 17.6 Å². The lowest BCUT2D eigenvalue weighted by Gasteiger charge is -2.22. The molecule has 1 fully saturated rings. The van der Waals surface area contributed by atoms with Crippen molar-refractivity contribution >= 4 is 11.0 Å². The second kappa shape index (κ2) is 7.11. The molecule has 1 atom stereocenters. The van der Waals surface area contributed by atoms with E-state index >= 15 is 0 Å². The summed E-state index contributed by atoms with van der Waals surface area (Å²) in [7, 11) is 0. The summed E-state index contributed by atoms with van der Waals surface area (Å²) in [5, 5.41) is 3.95. The average Bonchev–Trinajstić information content (AvgIpc) is 2.68. The second-order valence-corrected chi connectivity index (χ2v) is 6.53. The van der Waals surface area contributed by atoms with Crippen LogP contribution >= 0.6 is 0 Å². The van der Waals surface area contributed by atoms with Gasteiger partial charge in [-0.15, -0.1) is 0 Å². The summed E-state index contributed by atoms with van der Waals surface area (Å²) in [6.45, 7) is 2.76. The molecule has 1 aliphatic heterocycles. The Morgan fingerprint density at radius 1 is 1.16 bits per heavy atom. The first-order valence-electron chi connectivity index (χ1n) is 8.76. The molecule has 4 nitrogen and oxygen atoms in total. The Balaban J connectivity index is 1.62. The van der Waals surface area contributed by atoms with Gasteiger partial charge in [-0.05, 0) is 43.1 Å². The van der Waals surface area contributed by atoms with Gasteiger partial charge in [-0.3, -0.25) is 4.79 Å². The van der Waals surface area contributed by atoms with Crippen molar-refractivity contribution in [3.05, 3.63) is 65.0 Å². The standard InChI is InChI=1S/C21H21NO3/c23-21-18-11-17(24-13-15-5-4-10-22-12-15)8-9-20(18)25-14-19(21)16-6-2-1-3-7-16/h1-3,6-9,11,14-15,22H,4-5,10,12-13H2. The van der Waals surface area contributed by atoms with Gasteiger partial charge in [0.15, 0.2) is 0 Å². The van der Waals surface area contributed by atoms with Gasteiger partial charge in [-0.2, -0.15) is 0 Å². The lowest BCUT2D eigenvalue weighted by atomic mass is 10.0. The van der Waals surface area contributed by atoms with E-state index in [4.69, 9.17) is 9.15 Å². The summed E-state index contributed by atoms with van der Waals surface area (Å²) in [6, 6.07) is 15.0. The van der Waals surface area contributed by atoms with Gasteiger partial charge in [-0.25, -0.2) is 0 Å². The lowest BCUT2D eigenvalue weighted by Crippen LogP contribution is -2.33. The van der Waals surface area contributed by atoms with E-state index in [1.54, 1.807) is 12.1 Å². The fraction of sp³-hybridized carbons (Fsp3) is 0.286. The van der Waals surface area contributed by atoms with Gasteiger partial charge in [0.2, 0.25) is 5.43 Å². The van der Waals surface area contributed by atoms with Gasteiger partial charge in [0.1, 0.15) is 17.6 Å². The number of hydrogen-bond acceptors (Lipinski definition) is 4. The summed E-state index contributed by atoms with van der Waals surface area (Å²) in [6.07, 6.45) is 3.91. The van der Waals surface area contributed by atoms with Crippen LogP contribution in [0.5, 0.6) is 5.75 Å². The molecule has 1 saturated heterocycles. The Morgan fingerprint density at radius 3 is 2.84 bits per heavy atom. The molecule has 0 amide bonds. The van der Waals surface area contributed by atoms with Crippen LogP contribution in [0.2, 0.25) is 0 Å². The van der Waals surface area contributed by atoms with Crippen LogP contribution in [-0.2, 0) is 0 Å². The molecular weight excluding hydrogens is 314 g/mol. The Morgan fingerprint density at radius 2 is 2.04 bits per heavy atom. The zero-order chi connectivity index (χ0) is 17.1. The maximum Gasteiger partial charge on any atom is 0.200 e. The minimum atomic E-state index is -0.0303. The van der Waals surface area contributed by atoms with E-state index in [1.165, 1.54) is 19.1 Å². The van der Waals surface area contributed by atoms with E-state index < -0.39 is 0 Å². The maximum absolute atomic E-state index is 12.9. The smallest absolute Gasteiger partial charge is 0.200 e. The largest absolute Gasteiger partial charge is 0.493 e. The normalized spacial score (nSPS) is 17.5. The third-order valence-electron chi connectivity index (χ3n) is 4.71. The SMILES string of the molecule is O=c1c(-c2ccccc2)coc2ccc(OCC3CCCNC3)cc12. The fourth-order valence-corrected chi connectivity index (χ4v) is 3.30. The van der Waals surface area contributed by atoms with Crippen LogP contribution in [0.1, 0.15) is 12.8 Å². The molecule has 2 heterocycles. The van der Waals surface area contributed by atoms with Crippen LogP contribution in [-0.4, -0.2) is 19.7 Å². The number of benzene rings is 2. The molecule has 0 spiro atoms. The first-order valence-corrected chi connectivity index (χ1v) is 8.76. The van der Waals surface area contributed by atoms with E-state index in [0.29, 0.717) is 29.1 Å². The van der Waals surface area contributed by atoms with E-state index in [2.05, 4.69) is 5.32 Å².